The lowest BCUT2D eigenvalue weighted by Crippen LogP contribution is -2.45. The highest BCUT2D eigenvalue weighted by Gasteiger charge is 2.26. The average molecular weight is 339 g/mol. The van der Waals surface area contributed by atoms with E-state index < -0.39 is 0 Å². The maximum absolute atomic E-state index is 12.6. The molecule has 23 heavy (non-hydrogen) atoms. The number of piperidine rings is 1. The maximum Gasteiger partial charge on any atom is 0.253 e. The van der Waals surface area contributed by atoms with Gasteiger partial charge in [0.2, 0.25) is 0 Å². The quantitative estimate of drug-likeness (QED) is 0.867. The summed E-state index contributed by atoms with van der Waals surface area (Å²) >= 11 is 0. The lowest BCUT2D eigenvalue weighted by atomic mass is 10.0. The normalized spacial score (nSPS) is 18.6. The highest BCUT2D eigenvalue weighted by molar-refractivity contribution is 5.94. The van der Waals surface area contributed by atoms with Crippen LogP contribution in [-0.4, -0.2) is 43.6 Å². The number of amides is 1. The van der Waals surface area contributed by atoms with Crippen LogP contribution in [0.15, 0.2) is 24.3 Å². The molecule has 2 fully saturated rings. The highest BCUT2D eigenvalue weighted by Crippen LogP contribution is 2.28. The second-order valence-electron chi connectivity index (χ2n) is 6.55. The fraction of sp³-hybridized carbons (Fsp3) is 0.611. The fourth-order valence-electron chi connectivity index (χ4n) is 3.09. The van der Waals surface area contributed by atoms with Crippen molar-refractivity contribution in [3.05, 3.63) is 35.4 Å². The van der Waals surface area contributed by atoms with Crippen LogP contribution in [0.2, 0.25) is 0 Å². The molecule has 2 aliphatic rings. The molecule has 1 N–H and O–H groups in total. The Bertz CT molecular complexity index is 511. The summed E-state index contributed by atoms with van der Waals surface area (Å²) < 4.78 is 5.14. The van der Waals surface area contributed by atoms with Crippen molar-refractivity contribution in [3.63, 3.8) is 0 Å². The monoisotopic (exact) mass is 338 g/mol. The van der Waals surface area contributed by atoms with Crippen molar-refractivity contribution in [2.75, 3.05) is 26.7 Å². The Morgan fingerprint density at radius 3 is 2.65 bits per heavy atom. The van der Waals surface area contributed by atoms with Gasteiger partial charge in [-0.15, -0.1) is 12.4 Å². The zero-order chi connectivity index (χ0) is 15.4. The van der Waals surface area contributed by atoms with Gasteiger partial charge in [0.25, 0.3) is 5.91 Å². The standard InChI is InChI=1S/C18H26N2O2.ClH/c1-22-13-15-3-2-4-16(11-15)18(21)20-9-7-17(8-10-20)19-12-14-5-6-14;/h2-4,11,14,17,19H,5-10,12-13H2,1H3;1H. The number of ether oxygens (including phenoxy) is 1. The molecule has 0 unspecified atom stereocenters. The van der Waals surface area contributed by atoms with Gasteiger partial charge in [-0.25, -0.2) is 0 Å². The van der Waals surface area contributed by atoms with Crippen LogP contribution in [0.3, 0.4) is 0 Å². The zero-order valence-electron chi connectivity index (χ0n) is 13.8. The van der Waals surface area contributed by atoms with Crippen LogP contribution < -0.4 is 5.32 Å². The summed E-state index contributed by atoms with van der Waals surface area (Å²) in [5.41, 5.74) is 1.83. The van der Waals surface area contributed by atoms with Crippen LogP contribution in [0.4, 0.5) is 0 Å². The molecule has 0 bridgehead atoms. The Morgan fingerprint density at radius 2 is 2.00 bits per heavy atom. The number of carbonyl (C=O) groups excluding carboxylic acids is 1. The van der Waals surface area contributed by atoms with Crippen molar-refractivity contribution >= 4 is 18.3 Å². The molecule has 1 amide bonds. The molecule has 1 aromatic carbocycles. The number of nitrogens with zero attached hydrogens (tertiary/aromatic N) is 1. The summed E-state index contributed by atoms with van der Waals surface area (Å²) in [6, 6.07) is 8.37. The van der Waals surface area contributed by atoms with E-state index in [9.17, 15) is 4.79 Å². The predicted molar refractivity (Wildman–Crippen MR) is 94.1 cm³/mol. The third-order valence-corrected chi connectivity index (χ3v) is 4.66. The van der Waals surface area contributed by atoms with E-state index in [0.717, 1.165) is 49.5 Å². The summed E-state index contributed by atoms with van der Waals surface area (Å²) in [4.78, 5) is 14.6. The van der Waals surface area contributed by atoms with Gasteiger partial charge in [-0.05, 0) is 55.8 Å². The molecule has 5 heteroatoms. The number of halogens is 1. The number of hydrogen-bond donors (Lipinski definition) is 1. The van der Waals surface area contributed by atoms with Gasteiger partial charge in [-0.2, -0.15) is 0 Å². The Hall–Kier alpha value is -1.10. The number of hydrogen-bond acceptors (Lipinski definition) is 3. The molecule has 1 aliphatic heterocycles. The minimum atomic E-state index is 0. The van der Waals surface area contributed by atoms with E-state index in [1.54, 1.807) is 7.11 Å². The molecule has 0 spiro atoms. The average Bonchev–Trinajstić information content (AvgIpc) is 3.38. The number of carbonyl (C=O) groups is 1. The number of benzene rings is 1. The maximum atomic E-state index is 12.6. The van der Waals surface area contributed by atoms with E-state index in [1.807, 2.05) is 29.2 Å². The number of rotatable bonds is 6. The van der Waals surface area contributed by atoms with E-state index in [-0.39, 0.29) is 18.3 Å². The summed E-state index contributed by atoms with van der Waals surface area (Å²) in [7, 11) is 1.67. The van der Waals surface area contributed by atoms with Gasteiger partial charge in [0, 0.05) is 31.8 Å². The van der Waals surface area contributed by atoms with E-state index in [2.05, 4.69) is 5.32 Å². The van der Waals surface area contributed by atoms with E-state index in [0.29, 0.717) is 12.6 Å². The third kappa shape index (κ3) is 5.20. The fourth-order valence-corrected chi connectivity index (χ4v) is 3.09. The SMILES string of the molecule is COCc1cccc(C(=O)N2CCC(NCC3CC3)CC2)c1.Cl. The van der Waals surface area contributed by atoms with E-state index in [1.165, 1.54) is 12.8 Å². The van der Waals surface area contributed by atoms with Gasteiger partial charge in [0.15, 0.2) is 0 Å². The van der Waals surface area contributed by atoms with E-state index in [4.69, 9.17) is 4.74 Å². The van der Waals surface area contributed by atoms with Crippen LogP contribution in [0.5, 0.6) is 0 Å². The third-order valence-electron chi connectivity index (χ3n) is 4.66. The Balaban J connectivity index is 0.00000192. The Kier molecular flexibility index (Phi) is 6.88. The van der Waals surface area contributed by atoms with Gasteiger partial charge in [0.05, 0.1) is 6.61 Å². The van der Waals surface area contributed by atoms with Crippen molar-refractivity contribution in [1.82, 2.24) is 10.2 Å². The largest absolute Gasteiger partial charge is 0.380 e. The highest BCUT2D eigenvalue weighted by atomic mass is 35.5. The molecule has 128 valence electrons. The predicted octanol–water partition coefficient (Wildman–Crippen LogP) is 2.86. The molecule has 1 heterocycles. The summed E-state index contributed by atoms with van der Waals surface area (Å²) in [5.74, 6) is 1.07. The van der Waals surface area contributed by atoms with Crippen LogP contribution in [0, 0.1) is 5.92 Å². The molecule has 4 nitrogen and oxygen atoms in total. The van der Waals surface area contributed by atoms with Crippen molar-refractivity contribution in [2.45, 2.75) is 38.3 Å². The molecular weight excluding hydrogens is 312 g/mol. The molecular formula is C18H27ClN2O2. The smallest absolute Gasteiger partial charge is 0.253 e. The van der Waals surface area contributed by atoms with Crippen LogP contribution in [0.1, 0.15) is 41.6 Å². The molecule has 1 aromatic rings. The van der Waals surface area contributed by atoms with Gasteiger partial charge in [-0.1, -0.05) is 12.1 Å². The minimum Gasteiger partial charge on any atom is -0.380 e. The van der Waals surface area contributed by atoms with Crippen molar-refractivity contribution < 1.29 is 9.53 Å². The summed E-state index contributed by atoms with van der Waals surface area (Å²) in [6.07, 6.45) is 4.91. The molecule has 0 atom stereocenters. The van der Waals surface area contributed by atoms with Gasteiger partial charge < -0.3 is 15.0 Å². The van der Waals surface area contributed by atoms with Crippen molar-refractivity contribution in [3.8, 4) is 0 Å². The number of methoxy groups -OCH3 is 1. The van der Waals surface area contributed by atoms with E-state index >= 15 is 0 Å². The van der Waals surface area contributed by atoms with Crippen molar-refractivity contribution in [1.29, 1.82) is 0 Å². The lowest BCUT2D eigenvalue weighted by Gasteiger charge is -2.32. The first-order valence-electron chi connectivity index (χ1n) is 8.37. The zero-order valence-corrected chi connectivity index (χ0v) is 14.6. The summed E-state index contributed by atoms with van der Waals surface area (Å²) in [5, 5.41) is 3.65. The molecule has 0 aromatic heterocycles. The van der Waals surface area contributed by atoms with Gasteiger partial charge >= 0.3 is 0 Å². The number of likely N-dealkylation sites (tertiary alicyclic amines) is 1. The van der Waals surface area contributed by atoms with Gasteiger partial charge in [0.1, 0.15) is 0 Å². The first kappa shape index (κ1) is 18.2. The minimum absolute atomic E-state index is 0. The molecule has 1 saturated heterocycles. The number of nitrogens with one attached hydrogen (secondary N) is 1. The Morgan fingerprint density at radius 1 is 1.26 bits per heavy atom. The topological polar surface area (TPSA) is 41.6 Å². The Labute approximate surface area is 145 Å². The van der Waals surface area contributed by atoms with Crippen LogP contribution >= 0.6 is 12.4 Å². The second kappa shape index (κ2) is 8.67. The second-order valence-corrected chi connectivity index (χ2v) is 6.55. The molecule has 1 saturated carbocycles. The first-order valence-corrected chi connectivity index (χ1v) is 8.37. The lowest BCUT2D eigenvalue weighted by molar-refractivity contribution is 0.0704. The van der Waals surface area contributed by atoms with Crippen molar-refractivity contribution in [2.24, 2.45) is 5.92 Å². The first-order chi connectivity index (χ1) is 10.8. The molecule has 0 radical (unpaired) electrons. The molecule has 1 aliphatic carbocycles. The van der Waals surface area contributed by atoms with Crippen LogP contribution in [0.25, 0.3) is 0 Å². The van der Waals surface area contributed by atoms with Crippen LogP contribution in [-0.2, 0) is 11.3 Å². The molecule has 3 rings (SSSR count). The summed E-state index contributed by atoms with van der Waals surface area (Å²) in [6.45, 7) is 3.43. The van der Waals surface area contributed by atoms with Gasteiger partial charge in [-0.3, -0.25) is 4.79 Å².